The number of nitrogens with one attached hydrogen (secondary N) is 2. The lowest BCUT2D eigenvalue weighted by Gasteiger charge is -1.97. The molecule has 2 heterocycles. The number of nitrogen functional groups attached to an aromatic ring is 1. The van der Waals surface area contributed by atoms with Crippen molar-refractivity contribution >= 4 is 5.95 Å². The number of aromatic amines is 1. The van der Waals surface area contributed by atoms with Gasteiger partial charge in [0.05, 0.1) is 0 Å². The monoisotopic (exact) mass is 166 g/mol. The first-order chi connectivity index (χ1) is 5.89. The molecular weight excluding hydrogens is 156 g/mol. The molecule has 0 unspecified atom stereocenters. The van der Waals surface area contributed by atoms with Crippen LogP contribution in [0, 0.1) is 0 Å². The molecule has 1 aliphatic heterocycles. The zero-order valence-electron chi connectivity index (χ0n) is 6.40. The predicted molar refractivity (Wildman–Crippen MR) is 45.5 cm³/mol. The zero-order chi connectivity index (χ0) is 8.65. The summed E-state index contributed by atoms with van der Waals surface area (Å²) in [5.41, 5.74) is 7.63. The van der Waals surface area contributed by atoms with Crippen molar-refractivity contribution in [2.45, 2.75) is 0 Å². The van der Waals surface area contributed by atoms with Gasteiger partial charge in [-0.05, 0) is 12.2 Å². The number of rotatable bonds is 0. The van der Waals surface area contributed by atoms with Gasteiger partial charge in [0.2, 0.25) is 0 Å². The van der Waals surface area contributed by atoms with E-state index in [1.165, 1.54) is 0 Å². The van der Waals surface area contributed by atoms with Gasteiger partial charge in [-0.1, -0.05) is 0 Å². The number of H-pyrrole nitrogens is 1. The Hall–Kier alpha value is -1.91. The van der Waals surface area contributed by atoms with Gasteiger partial charge >= 0.3 is 0 Å². The van der Waals surface area contributed by atoms with Crippen molar-refractivity contribution in [1.29, 1.82) is 0 Å². The summed E-state index contributed by atoms with van der Waals surface area (Å²) in [6, 6.07) is 0. The second-order valence-electron chi connectivity index (χ2n) is 1.90. The van der Waals surface area contributed by atoms with Crippen LogP contribution in [0.15, 0.2) is 37.0 Å². The molecular formula is C7H10N4O. The third kappa shape index (κ3) is 3.31. The molecule has 5 nitrogen and oxygen atoms in total. The average molecular weight is 166 g/mol. The molecule has 0 spiro atoms. The number of nitrogens with zero attached hydrogens (tertiary/aromatic N) is 1. The summed E-state index contributed by atoms with van der Waals surface area (Å²) in [6.45, 7) is 0. The number of imidazole rings is 1. The van der Waals surface area contributed by atoms with Crippen LogP contribution in [0.5, 0.6) is 0 Å². The Morgan fingerprint density at radius 3 is 2.50 bits per heavy atom. The number of aromatic nitrogens is 2. The minimum absolute atomic E-state index is 0.468. The Bertz CT molecular complexity index is 240. The first kappa shape index (κ1) is 8.19. The number of allylic oxidation sites excluding steroid dienone is 2. The molecule has 4 N–H and O–H groups in total. The number of hydrogen-bond donors (Lipinski definition) is 3. The highest BCUT2D eigenvalue weighted by molar-refractivity contribution is 5.11. The van der Waals surface area contributed by atoms with Crippen LogP contribution in [-0.2, 0) is 4.84 Å². The second-order valence-corrected chi connectivity index (χ2v) is 1.90. The fraction of sp³-hybridized carbons (Fsp3) is 0. The average Bonchev–Trinajstić information content (AvgIpc) is 2.60. The minimum atomic E-state index is 0.468. The minimum Gasteiger partial charge on any atom is -0.391 e. The first-order valence-electron chi connectivity index (χ1n) is 3.37. The smallest absolute Gasteiger partial charge is 0.197 e. The van der Waals surface area contributed by atoms with Crippen LogP contribution >= 0.6 is 0 Å². The van der Waals surface area contributed by atoms with Crippen LogP contribution in [-0.4, -0.2) is 9.97 Å². The number of hydroxylamine groups is 1. The highest BCUT2D eigenvalue weighted by Gasteiger charge is 1.74. The molecule has 1 aromatic rings. The predicted octanol–water partition coefficient (Wildman–Crippen LogP) is 0.540. The Morgan fingerprint density at radius 1 is 1.42 bits per heavy atom. The molecule has 0 aromatic carbocycles. The summed E-state index contributed by atoms with van der Waals surface area (Å²) < 4.78 is 0. The van der Waals surface area contributed by atoms with Crippen molar-refractivity contribution < 1.29 is 4.84 Å². The van der Waals surface area contributed by atoms with Gasteiger partial charge in [-0.3, -0.25) is 0 Å². The van der Waals surface area contributed by atoms with E-state index in [0.717, 1.165) is 0 Å². The van der Waals surface area contributed by atoms with Crippen molar-refractivity contribution in [2.24, 2.45) is 0 Å². The molecule has 0 radical (unpaired) electrons. The quantitative estimate of drug-likeness (QED) is 0.525. The van der Waals surface area contributed by atoms with Crippen LogP contribution < -0.4 is 11.2 Å². The lowest BCUT2D eigenvalue weighted by molar-refractivity contribution is 0.172. The van der Waals surface area contributed by atoms with E-state index in [4.69, 9.17) is 5.73 Å². The summed E-state index contributed by atoms with van der Waals surface area (Å²) in [4.78, 5) is 10.9. The lowest BCUT2D eigenvalue weighted by Crippen LogP contribution is -2.01. The SMILES string of the molecule is C1=CNOC=C1.Nc1ncc[nH]1. The summed E-state index contributed by atoms with van der Waals surface area (Å²) in [5.74, 6) is 0.468. The van der Waals surface area contributed by atoms with Gasteiger partial charge in [0.15, 0.2) is 5.95 Å². The molecule has 2 rings (SSSR count). The molecule has 12 heavy (non-hydrogen) atoms. The van der Waals surface area contributed by atoms with E-state index in [-0.39, 0.29) is 0 Å². The second kappa shape index (κ2) is 4.84. The standard InChI is InChI=1S/C4H5NO.C3H5N3/c1-2-4-6-5-3-1;4-3-5-1-2-6-3/h1-5H;1-2H,(H3,4,5,6). The molecule has 5 heteroatoms. The summed E-state index contributed by atoms with van der Waals surface area (Å²) >= 11 is 0. The molecule has 64 valence electrons. The lowest BCUT2D eigenvalue weighted by atomic mass is 10.6. The van der Waals surface area contributed by atoms with E-state index >= 15 is 0 Å². The number of anilines is 1. The highest BCUT2D eigenvalue weighted by Crippen LogP contribution is 1.82. The third-order valence-electron chi connectivity index (χ3n) is 1.01. The maximum absolute atomic E-state index is 5.11. The molecule has 0 saturated carbocycles. The van der Waals surface area contributed by atoms with Gasteiger partial charge in [0.25, 0.3) is 0 Å². The molecule has 0 fully saturated rings. The Labute approximate surface area is 69.9 Å². The van der Waals surface area contributed by atoms with Crippen molar-refractivity contribution in [2.75, 3.05) is 5.73 Å². The Morgan fingerprint density at radius 2 is 2.33 bits per heavy atom. The van der Waals surface area contributed by atoms with Crippen molar-refractivity contribution in [3.05, 3.63) is 37.0 Å². The molecule has 0 aliphatic carbocycles. The molecule has 0 amide bonds. The maximum Gasteiger partial charge on any atom is 0.197 e. The van der Waals surface area contributed by atoms with E-state index in [2.05, 4.69) is 20.3 Å². The van der Waals surface area contributed by atoms with Crippen molar-refractivity contribution in [3.63, 3.8) is 0 Å². The number of hydrogen-bond acceptors (Lipinski definition) is 4. The normalized spacial score (nSPS) is 12.3. The number of nitrogens with two attached hydrogens (primary N) is 1. The van der Waals surface area contributed by atoms with E-state index in [1.807, 2.05) is 6.08 Å². The third-order valence-corrected chi connectivity index (χ3v) is 1.01. The van der Waals surface area contributed by atoms with Gasteiger partial charge in [-0.25, -0.2) is 10.5 Å². The first-order valence-corrected chi connectivity index (χ1v) is 3.37. The van der Waals surface area contributed by atoms with Gasteiger partial charge in [-0.15, -0.1) is 0 Å². The topological polar surface area (TPSA) is 76.0 Å². The summed E-state index contributed by atoms with van der Waals surface area (Å²) in [6.07, 6.45) is 10.2. The van der Waals surface area contributed by atoms with Gasteiger partial charge in [-0.2, -0.15) is 0 Å². The highest BCUT2D eigenvalue weighted by atomic mass is 16.6. The van der Waals surface area contributed by atoms with Crippen molar-refractivity contribution in [3.8, 4) is 0 Å². The van der Waals surface area contributed by atoms with Crippen LogP contribution in [0.3, 0.4) is 0 Å². The van der Waals surface area contributed by atoms with Crippen LogP contribution in [0.25, 0.3) is 0 Å². The van der Waals surface area contributed by atoms with Crippen LogP contribution in [0.2, 0.25) is 0 Å². The molecule has 0 atom stereocenters. The zero-order valence-corrected chi connectivity index (χ0v) is 6.40. The van der Waals surface area contributed by atoms with E-state index < -0.39 is 0 Å². The van der Waals surface area contributed by atoms with E-state index in [1.54, 1.807) is 30.9 Å². The van der Waals surface area contributed by atoms with Gasteiger partial charge in [0.1, 0.15) is 6.26 Å². The van der Waals surface area contributed by atoms with Crippen LogP contribution in [0.1, 0.15) is 0 Å². The molecule has 1 aliphatic rings. The van der Waals surface area contributed by atoms with Gasteiger partial charge in [0, 0.05) is 18.6 Å². The molecule has 1 aromatic heterocycles. The van der Waals surface area contributed by atoms with Gasteiger partial charge < -0.3 is 15.6 Å². The Kier molecular flexibility index (Phi) is 3.30. The molecule has 0 saturated heterocycles. The fourth-order valence-electron chi connectivity index (χ4n) is 0.536. The van der Waals surface area contributed by atoms with E-state index in [9.17, 15) is 0 Å². The van der Waals surface area contributed by atoms with Crippen LogP contribution in [0.4, 0.5) is 5.95 Å². The summed E-state index contributed by atoms with van der Waals surface area (Å²) in [7, 11) is 0. The van der Waals surface area contributed by atoms with Crippen molar-refractivity contribution in [1.82, 2.24) is 15.4 Å². The largest absolute Gasteiger partial charge is 0.391 e. The maximum atomic E-state index is 5.11. The molecule has 0 bridgehead atoms. The fourth-order valence-corrected chi connectivity index (χ4v) is 0.536. The Balaban J connectivity index is 0.000000120. The van der Waals surface area contributed by atoms with E-state index in [0.29, 0.717) is 5.95 Å². The summed E-state index contributed by atoms with van der Waals surface area (Å²) in [5, 5.41) is 0.